The predicted molar refractivity (Wildman–Crippen MR) is 107 cm³/mol. The summed E-state index contributed by atoms with van der Waals surface area (Å²) in [6, 6.07) is 6.60. The lowest BCUT2D eigenvalue weighted by Gasteiger charge is -2.29. The molecule has 0 aliphatic carbocycles. The lowest BCUT2D eigenvalue weighted by atomic mass is 10.0. The number of nitrogens with one attached hydrogen (secondary N) is 3. The molecule has 8 nitrogen and oxygen atoms in total. The molecule has 1 aliphatic heterocycles. The summed E-state index contributed by atoms with van der Waals surface area (Å²) < 4.78 is 0. The van der Waals surface area contributed by atoms with Gasteiger partial charge < -0.3 is 21.1 Å². The maximum atomic E-state index is 12.3. The van der Waals surface area contributed by atoms with Crippen molar-refractivity contribution in [2.45, 2.75) is 70.0 Å². The zero-order valence-corrected chi connectivity index (χ0v) is 16.6. The van der Waals surface area contributed by atoms with Crippen LogP contribution in [0.4, 0.5) is 0 Å². The van der Waals surface area contributed by atoms with Gasteiger partial charge in [0.1, 0.15) is 18.1 Å². The predicted octanol–water partition coefficient (Wildman–Crippen LogP) is 1.14. The fraction of sp³-hybridized carbons (Fsp3) is 0.524. The van der Waals surface area contributed by atoms with Crippen LogP contribution in [0.1, 0.15) is 51.0 Å². The zero-order chi connectivity index (χ0) is 21.2. The van der Waals surface area contributed by atoms with Crippen molar-refractivity contribution >= 4 is 23.7 Å². The van der Waals surface area contributed by atoms with E-state index in [0.717, 1.165) is 24.8 Å². The smallest absolute Gasteiger partial charge is 0.326 e. The summed E-state index contributed by atoms with van der Waals surface area (Å²) in [5.41, 5.74) is 0.913. The number of unbranched alkanes of at least 4 members (excludes halogenated alkanes) is 3. The first-order chi connectivity index (χ1) is 13.9. The Labute approximate surface area is 170 Å². The first kappa shape index (κ1) is 22.4. The van der Waals surface area contributed by atoms with Crippen LogP contribution in [-0.2, 0) is 25.6 Å². The molecule has 1 fully saturated rings. The number of aliphatic carboxylic acids is 1. The van der Waals surface area contributed by atoms with Crippen LogP contribution in [0.15, 0.2) is 30.3 Å². The summed E-state index contributed by atoms with van der Waals surface area (Å²) in [6.07, 6.45) is 4.05. The fourth-order valence-corrected chi connectivity index (χ4v) is 3.28. The fourth-order valence-electron chi connectivity index (χ4n) is 3.28. The van der Waals surface area contributed by atoms with Crippen LogP contribution < -0.4 is 16.0 Å². The Balaban J connectivity index is 1.84. The summed E-state index contributed by atoms with van der Waals surface area (Å²) in [5, 5.41) is 17.0. The summed E-state index contributed by atoms with van der Waals surface area (Å²) >= 11 is 0. The molecule has 1 heterocycles. The number of hydrogen-bond acceptors (Lipinski definition) is 4. The van der Waals surface area contributed by atoms with Crippen LogP contribution in [0.3, 0.4) is 0 Å². The van der Waals surface area contributed by atoms with E-state index in [-0.39, 0.29) is 12.3 Å². The molecule has 1 aliphatic rings. The van der Waals surface area contributed by atoms with Crippen LogP contribution >= 0.6 is 0 Å². The molecule has 1 aromatic rings. The third kappa shape index (κ3) is 7.21. The molecule has 4 N–H and O–H groups in total. The summed E-state index contributed by atoms with van der Waals surface area (Å²) in [5.74, 6) is -2.49. The minimum absolute atomic E-state index is 0.297. The Morgan fingerprint density at radius 1 is 1.03 bits per heavy atom. The molecule has 1 saturated heterocycles. The molecule has 3 amide bonds. The van der Waals surface area contributed by atoms with Crippen LogP contribution in [0, 0.1) is 0 Å². The van der Waals surface area contributed by atoms with Crippen LogP contribution in [0.5, 0.6) is 0 Å². The molecule has 0 spiro atoms. The maximum absolute atomic E-state index is 12.3. The molecular formula is C21H29N3O5. The van der Waals surface area contributed by atoms with Crippen molar-refractivity contribution in [3.63, 3.8) is 0 Å². The second kappa shape index (κ2) is 11.2. The van der Waals surface area contributed by atoms with Crippen LogP contribution in [-0.4, -0.2) is 46.9 Å². The first-order valence-corrected chi connectivity index (χ1v) is 10.1. The Kier molecular flexibility index (Phi) is 8.64. The monoisotopic (exact) mass is 403 g/mol. The number of amides is 3. The number of hydrogen-bond donors (Lipinski definition) is 4. The van der Waals surface area contributed by atoms with Gasteiger partial charge in [-0.25, -0.2) is 4.79 Å². The van der Waals surface area contributed by atoms with E-state index in [1.807, 2.05) is 30.3 Å². The van der Waals surface area contributed by atoms with E-state index in [4.69, 9.17) is 0 Å². The van der Waals surface area contributed by atoms with Gasteiger partial charge in [0.25, 0.3) is 0 Å². The van der Waals surface area contributed by atoms with E-state index >= 15 is 0 Å². The van der Waals surface area contributed by atoms with Crippen molar-refractivity contribution in [2.24, 2.45) is 0 Å². The molecule has 0 saturated carbocycles. The van der Waals surface area contributed by atoms with Crippen molar-refractivity contribution < 1.29 is 24.3 Å². The molecule has 1 aromatic carbocycles. The average molecular weight is 403 g/mol. The number of carboxylic acids is 1. The van der Waals surface area contributed by atoms with Crippen molar-refractivity contribution in [1.82, 2.24) is 16.0 Å². The molecule has 0 unspecified atom stereocenters. The maximum Gasteiger partial charge on any atom is 0.326 e. The highest BCUT2D eigenvalue weighted by Gasteiger charge is 2.35. The number of rotatable bonds is 11. The molecule has 2 rings (SSSR count). The van der Waals surface area contributed by atoms with E-state index < -0.39 is 35.9 Å². The Morgan fingerprint density at radius 3 is 2.34 bits per heavy atom. The van der Waals surface area contributed by atoms with Gasteiger partial charge in [-0.1, -0.05) is 62.9 Å². The van der Waals surface area contributed by atoms with Gasteiger partial charge in [-0.3, -0.25) is 14.4 Å². The first-order valence-electron chi connectivity index (χ1n) is 10.1. The highest BCUT2D eigenvalue weighted by molar-refractivity contribution is 5.99. The van der Waals surface area contributed by atoms with Crippen molar-refractivity contribution in [3.05, 3.63) is 35.9 Å². The minimum atomic E-state index is -1.10. The van der Waals surface area contributed by atoms with Gasteiger partial charge in [0.05, 0.1) is 6.42 Å². The van der Waals surface area contributed by atoms with Gasteiger partial charge in [0.2, 0.25) is 17.7 Å². The Morgan fingerprint density at radius 2 is 1.69 bits per heavy atom. The normalized spacial score (nSPS) is 19.8. The highest BCUT2D eigenvalue weighted by atomic mass is 16.4. The minimum Gasteiger partial charge on any atom is -0.480 e. The van der Waals surface area contributed by atoms with Gasteiger partial charge in [0, 0.05) is 6.42 Å². The molecular weight excluding hydrogens is 374 g/mol. The van der Waals surface area contributed by atoms with E-state index in [0.29, 0.717) is 19.3 Å². The van der Waals surface area contributed by atoms with Crippen LogP contribution in [0.25, 0.3) is 0 Å². The lowest BCUT2D eigenvalue weighted by molar-refractivity contribution is -0.143. The molecule has 3 atom stereocenters. The highest BCUT2D eigenvalue weighted by Crippen LogP contribution is 2.10. The second-order valence-electron chi connectivity index (χ2n) is 7.32. The van der Waals surface area contributed by atoms with E-state index in [1.54, 1.807) is 0 Å². The number of carboxylic acid groups (broad SMARTS) is 1. The van der Waals surface area contributed by atoms with Gasteiger partial charge in [-0.15, -0.1) is 0 Å². The van der Waals surface area contributed by atoms with Gasteiger partial charge in [0.15, 0.2) is 0 Å². The topological polar surface area (TPSA) is 125 Å². The molecule has 0 bridgehead atoms. The summed E-state index contributed by atoms with van der Waals surface area (Å²) in [6.45, 7) is 2.06. The average Bonchev–Trinajstić information content (AvgIpc) is 2.68. The number of piperazine rings is 1. The zero-order valence-electron chi connectivity index (χ0n) is 16.6. The van der Waals surface area contributed by atoms with Crippen LogP contribution in [0.2, 0.25) is 0 Å². The Hall–Kier alpha value is -2.90. The van der Waals surface area contributed by atoms with E-state index in [1.165, 1.54) is 0 Å². The number of carbonyl (C=O) groups excluding carboxylic acids is 3. The standard InChI is InChI=1S/C21H29N3O5/c1-2-3-4-8-11-15(21(28)29)22-18(25)13-17-20(27)23-16(19(26)24-17)12-14-9-6-5-7-10-14/h5-7,9-10,15-17H,2-4,8,11-13H2,1H3,(H,22,25)(H,23,27)(H,24,26)(H,28,29)/t15-,16-,17-/m0/s1. The number of benzene rings is 1. The SMILES string of the molecule is CCCCCC[C@H](NC(=O)C[C@@H]1NC(=O)[C@H](Cc2ccccc2)NC1=O)C(=O)O. The van der Waals surface area contributed by atoms with Crippen molar-refractivity contribution in [1.29, 1.82) is 0 Å². The third-order valence-electron chi connectivity index (χ3n) is 4.92. The van der Waals surface area contributed by atoms with Crippen molar-refractivity contribution in [3.8, 4) is 0 Å². The lowest BCUT2D eigenvalue weighted by Crippen LogP contribution is -2.63. The molecule has 8 heteroatoms. The van der Waals surface area contributed by atoms with Crippen molar-refractivity contribution in [2.75, 3.05) is 0 Å². The quantitative estimate of drug-likeness (QED) is 0.413. The molecule has 0 radical (unpaired) electrons. The third-order valence-corrected chi connectivity index (χ3v) is 4.92. The van der Waals surface area contributed by atoms with Gasteiger partial charge in [-0.05, 0) is 12.0 Å². The largest absolute Gasteiger partial charge is 0.480 e. The summed E-state index contributed by atoms with van der Waals surface area (Å²) in [7, 11) is 0. The molecule has 158 valence electrons. The van der Waals surface area contributed by atoms with Gasteiger partial charge in [-0.2, -0.15) is 0 Å². The second-order valence-corrected chi connectivity index (χ2v) is 7.32. The summed E-state index contributed by atoms with van der Waals surface area (Å²) in [4.78, 5) is 48.2. The Bertz CT molecular complexity index is 722. The van der Waals surface area contributed by atoms with E-state index in [2.05, 4.69) is 22.9 Å². The van der Waals surface area contributed by atoms with E-state index in [9.17, 15) is 24.3 Å². The molecule has 29 heavy (non-hydrogen) atoms. The molecule has 0 aromatic heterocycles. The van der Waals surface area contributed by atoms with Gasteiger partial charge >= 0.3 is 5.97 Å². The number of carbonyl (C=O) groups is 4.